The number of hydrogen-bond donors (Lipinski definition) is 3. The van der Waals surface area contributed by atoms with E-state index in [-0.39, 0.29) is 11.8 Å². The van der Waals surface area contributed by atoms with Crippen molar-refractivity contribution < 1.29 is 19.5 Å². The van der Waals surface area contributed by atoms with Crippen molar-refractivity contribution in [1.82, 2.24) is 10.2 Å². The lowest BCUT2D eigenvalue weighted by Gasteiger charge is -2.32. The standard InChI is InChI=1S/C13H21N3O4S/c1-13(2,5-9(14)17)15-12(20)16-8(11(18)19)6-21-10(16)7-3-4-7/h7-8,10H,3-6H2,1-2H3,(H2,14,17)(H,15,20)(H,18,19). The highest BCUT2D eigenvalue weighted by Gasteiger charge is 2.48. The lowest BCUT2D eigenvalue weighted by atomic mass is 10.0. The molecule has 1 aliphatic carbocycles. The van der Waals surface area contributed by atoms with E-state index in [2.05, 4.69) is 5.32 Å². The van der Waals surface area contributed by atoms with E-state index in [0.29, 0.717) is 11.7 Å². The van der Waals surface area contributed by atoms with Gasteiger partial charge in [0.2, 0.25) is 5.91 Å². The number of carboxylic acid groups (broad SMARTS) is 1. The third-order valence-corrected chi connectivity index (χ3v) is 5.10. The Labute approximate surface area is 127 Å². The van der Waals surface area contributed by atoms with Crippen LogP contribution in [0.15, 0.2) is 0 Å². The second kappa shape index (κ2) is 5.75. The Morgan fingerprint density at radius 3 is 2.48 bits per heavy atom. The quantitative estimate of drug-likeness (QED) is 0.687. The van der Waals surface area contributed by atoms with Crippen LogP contribution in [0.25, 0.3) is 0 Å². The topological polar surface area (TPSA) is 113 Å². The summed E-state index contributed by atoms with van der Waals surface area (Å²) in [6.45, 7) is 3.39. The molecule has 4 N–H and O–H groups in total. The molecule has 0 aromatic heterocycles. The number of carboxylic acids is 1. The first-order chi connectivity index (χ1) is 9.71. The summed E-state index contributed by atoms with van der Waals surface area (Å²) in [5.74, 6) is -0.720. The molecule has 2 aliphatic rings. The Balaban J connectivity index is 2.09. The molecule has 0 bridgehead atoms. The molecule has 8 heteroatoms. The molecule has 2 atom stereocenters. The first kappa shape index (κ1) is 15.9. The zero-order valence-corrected chi connectivity index (χ0v) is 13.0. The summed E-state index contributed by atoms with van der Waals surface area (Å²) in [4.78, 5) is 36.3. The Morgan fingerprint density at radius 1 is 1.38 bits per heavy atom. The average molecular weight is 315 g/mol. The fourth-order valence-corrected chi connectivity index (χ4v) is 4.18. The van der Waals surface area contributed by atoms with E-state index in [1.165, 1.54) is 16.7 Å². The van der Waals surface area contributed by atoms with Gasteiger partial charge in [-0.15, -0.1) is 11.8 Å². The van der Waals surface area contributed by atoms with Crippen LogP contribution in [0, 0.1) is 5.92 Å². The van der Waals surface area contributed by atoms with E-state index in [1.807, 2.05) is 0 Å². The van der Waals surface area contributed by atoms with Crippen molar-refractivity contribution >= 4 is 29.7 Å². The molecule has 2 fully saturated rings. The van der Waals surface area contributed by atoms with Gasteiger partial charge in [-0.2, -0.15) is 0 Å². The molecule has 21 heavy (non-hydrogen) atoms. The molecule has 2 unspecified atom stereocenters. The molecule has 0 spiro atoms. The molecule has 1 saturated heterocycles. The number of hydrogen-bond acceptors (Lipinski definition) is 4. The Morgan fingerprint density at radius 2 is 2.00 bits per heavy atom. The number of primary amides is 1. The Bertz CT molecular complexity index is 464. The first-order valence-electron chi connectivity index (χ1n) is 6.94. The normalized spacial score (nSPS) is 25.7. The van der Waals surface area contributed by atoms with Gasteiger partial charge in [-0.1, -0.05) is 0 Å². The minimum Gasteiger partial charge on any atom is -0.480 e. The van der Waals surface area contributed by atoms with Crippen LogP contribution in [0.1, 0.15) is 33.1 Å². The third-order valence-electron chi connectivity index (χ3n) is 3.64. The number of nitrogens with zero attached hydrogens (tertiary/aromatic N) is 1. The van der Waals surface area contributed by atoms with E-state index in [0.717, 1.165) is 12.8 Å². The highest BCUT2D eigenvalue weighted by Crippen LogP contribution is 2.45. The molecular weight excluding hydrogens is 294 g/mol. The molecular formula is C13H21N3O4S. The van der Waals surface area contributed by atoms with Crippen LogP contribution in [0.2, 0.25) is 0 Å². The van der Waals surface area contributed by atoms with E-state index in [4.69, 9.17) is 5.73 Å². The van der Waals surface area contributed by atoms with Gasteiger partial charge in [0.05, 0.1) is 5.37 Å². The molecule has 7 nitrogen and oxygen atoms in total. The predicted octanol–water partition coefficient (Wildman–Crippen LogP) is 0.588. The van der Waals surface area contributed by atoms with Crippen LogP contribution in [-0.2, 0) is 9.59 Å². The van der Waals surface area contributed by atoms with Crippen molar-refractivity contribution in [3.63, 3.8) is 0 Å². The smallest absolute Gasteiger partial charge is 0.327 e. The van der Waals surface area contributed by atoms with Crippen LogP contribution in [0.3, 0.4) is 0 Å². The summed E-state index contributed by atoms with van der Waals surface area (Å²) in [7, 11) is 0. The summed E-state index contributed by atoms with van der Waals surface area (Å²) in [5.41, 5.74) is 4.37. The maximum atomic E-state index is 12.5. The Hall–Kier alpha value is -1.44. The van der Waals surface area contributed by atoms with Gasteiger partial charge in [0.25, 0.3) is 0 Å². The first-order valence-corrected chi connectivity index (χ1v) is 7.99. The largest absolute Gasteiger partial charge is 0.480 e. The van der Waals surface area contributed by atoms with E-state index in [9.17, 15) is 19.5 Å². The highest BCUT2D eigenvalue weighted by atomic mass is 32.2. The van der Waals surface area contributed by atoms with Gasteiger partial charge < -0.3 is 16.2 Å². The monoisotopic (exact) mass is 315 g/mol. The molecule has 0 aromatic carbocycles. The highest BCUT2D eigenvalue weighted by molar-refractivity contribution is 8.00. The van der Waals surface area contributed by atoms with Crippen molar-refractivity contribution in [2.45, 2.75) is 50.1 Å². The van der Waals surface area contributed by atoms with Gasteiger partial charge in [0.1, 0.15) is 6.04 Å². The number of nitrogens with two attached hydrogens (primary N) is 1. The maximum Gasteiger partial charge on any atom is 0.327 e. The number of carbonyl (C=O) groups excluding carboxylic acids is 2. The van der Waals surface area contributed by atoms with Crippen LogP contribution in [0.5, 0.6) is 0 Å². The lowest BCUT2D eigenvalue weighted by molar-refractivity contribution is -0.141. The summed E-state index contributed by atoms with van der Waals surface area (Å²) < 4.78 is 0. The fraction of sp³-hybridized carbons (Fsp3) is 0.769. The predicted molar refractivity (Wildman–Crippen MR) is 78.7 cm³/mol. The SMILES string of the molecule is CC(C)(CC(N)=O)NC(=O)N1C(C(=O)O)CSC1C1CC1. The van der Waals surface area contributed by atoms with E-state index >= 15 is 0 Å². The number of nitrogens with one attached hydrogen (secondary N) is 1. The van der Waals surface area contributed by atoms with Crippen molar-refractivity contribution in [2.24, 2.45) is 11.7 Å². The summed E-state index contributed by atoms with van der Waals surface area (Å²) >= 11 is 1.52. The Kier molecular flexibility index (Phi) is 4.36. The minimum atomic E-state index is -0.992. The molecule has 0 aromatic rings. The minimum absolute atomic E-state index is 0.00551. The number of thioether (sulfide) groups is 1. The number of carbonyl (C=O) groups is 3. The second-order valence-corrected chi connectivity index (χ2v) is 7.43. The van der Waals surface area contributed by atoms with Crippen molar-refractivity contribution in [1.29, 1.82) is 0 Å². The fourth-order valence-electron chi connectivity index (χ4n) is 2.55. The zero-order valence-electron chi connectivity index (χ0n) is 12.2. The zero-order chi connectivity index (χ0) is 15.8. The maximum absolute atomic E-state index is 12.5. The number of rotatable bonds is 5. The molecule has 2 rings (SSSR count). The molecule has 1 heterocycles. The average Bonchev–Trinajstić information content (AvgIpc) is 3.04. The second-order valence-electron chi connectivity index (χ2n) is 6.28. The van der Waals surface area contributed by atoms with Gasteiger partial charge in [-0.05, 0) is 32.6 Å². The lowest BCUT2D eigenvalue weighted by Crippen LogP contribution is -2.56. The molecule has 1 saturated carbocycles. The molecule has 0 radical (unpaired) electrons. The van der Waals surface area contributed by atoms with Gasteiger partial charge >= 0.3 is 12.0 Å². The van der Waals surface area contributed by atoms with Crippen LogP contribution >= 0.6 is 11.8 Å². The van der Waals surface area contributed by atoms with Crippen LogP contribution in [0.4, 0.5) is 4.79 Å². The van der Waals surface area contributed by atoms with Crippen LogP contribution in [-0.4, -0.2) is 50.6 Å². The summed E-state index contributed by atoms with van der Waals surface area (Å²) in [6, 6.07) is -1.25. The van der Waals surface area contributed by atoms with Gasteiger partial charge in [0.15, 0.2) is 0 Å². The van der Waals surface area contributed by atoms with Crippen molar-refractivity contribution in [3.8, 4) is 0 Å². The van der Waals surface area contributed by atoms with Gasteiger partial charge in [0, 0.05) is 17.7 Å². The van der Waals surface area contributed by atoms with Crippen LogP contribution < -0.4 is 11.1 Å². The summed E-state index contributed by atoms with van der Waals surface area (Å²) in [5, 5.41) is 11.9. The number of urea groups is 1. The van der Waals surface area contributed by atoms with Gasteiger partial charge in [-0.3, -0.25) is 9.69 Å². The number of aliphatic carboxylic acids is 1. The number of amides is 3. The van der Waals surface area contributed by atoms with Crippen molar-refractivity contribution in [2.75, 3.05) is 5.75 Å². The molecule has 1 aliphatic heterocycles. The van der Waals surface area contributed by atoms with E-state index < -0.39 is 29.5 Å². The van der Waals surface area contributed by atoms with E-state index in [1.54, 1.807) is 13.8 Å². The summed E-state index contributed by atoms with van der Waals surface area (Å²) in [6.07, 6.45) is 2.06. The molecule has 118 valence electrons. The molecule has 3 amide bonds. The van der Waals surface area contributed by atoms with Gasteiger partial charge in [-0.25, -0.2) is 9.59 Å². The van der Waals surface area contributed by atoms with Crippen molar-refractivity contribution in [3.05, 3.63) is 0 Å². The third kappa shape index (κ3) is 3.81.